The summed E-state index contributed by atoms with van der Waals surface area (Å²) in [6, 6.07) is 62.4. The van der Waals surface area contributed by atoms with Crippen molar-refractivity contribution in [1.82, 2.24) is 0 Å². The molecule has 1 aliphatic carbocycles. The van der Waals surface area contributed by atoms with Gasteiger partial charge in [-0.15, -0.1) is 0 Å². The highest BCUT2D eigenvalue weighted by atomic mass is 16.4. The molecule has 4 heteroatoms. The summed E-state index contributed by atoms with van der Waals surface area (Å²) in [7, 11) is 0. The number of carbonyl (C=O) groups excluding carboxylic acids is 2. The molecular weight excluding hydrogens is 699 g/mol. The van der Waals surface area contributed by atoms with Crippen molar-refractivity contribution in [3.63, 3.8) is 0 Å². The second kappa shape index (κ2) is 13.5. The van der Waals surface area contributed by atoms with E-state index in [9.17, 15) is 9.59 Å². The van der Waals surface area contributed by atoms with Gasteiger partial charge in [-0.05, 0) is 86.5 Å². The highest BCUT2D eigenvalue weighted by molar-refractivity contribution is 6.41. The fourth-order valence-corrected chi connectivity index (χ4v) is 8.38. The summed E-state index contributed by atoms with van der Waals surface area (Å²) < 4.78 is 6.79. The van der Waals surface area contributed by atoms with Gasteiger partial charge >= 0.3 is 0 Å². The van der Waals surface area contributed by atoms with Crippen molar-refractivity contribution in [2.24, 2.45) is 0 Å². The largest absolute Gasteiger partial charge is 0.440 e. The quantitative estimate of drug-likeness (QED) is 0.126. The predicted molar refractivity (Wildman–Crippen MR) is 230 cm³/mol. The molecule has 8 aromatic rings. The van der Waals surface area contributed by atoms with Crippen LogP contribution in [-0.2, 0) is 5.41 Å². The summed E-state index contributed by atoms with van der Waals surface area (Å²) in [5.41, 5.74) is 13.5. The first-order chi connectivity index (χ1) is 27.8. The van der Waals surface area contributed by atoms with Gasteiger partial charge in [0.15, 0.2) is 11.6 Å². The van der Waals surface area contributed by atoms with Crippen LogP contribution in [0.1, 0.15) is 51.5 Å². The Morgan fingerprint density at radius 3 is 1.42 bits per heavy atom. The van der Waals surface area contributed by atoms with Crippen LogP contribution in [-0.4, -0.2) is 11.6 Å². The molecule has 1 aromatic heterocycles. The molecule has 57 heavy (non-hydrogen) atoms. The number of para-hydroxylation sites is 1. The molecule has 0 spiro atoms. The van der Waals surface area contributed by atoms with Crippen LogP contribution in [0.2, 0.25) is 0 Å². The lowest BCUT2D eigenvalue weighted by molar-refractivity contribution is 0.0990. The summed E-state index contributed by atoms with van der Waals surface area (Å²) in [5.74, 6) is 0.555. The number of Topliss-reactive ketones (excluding diaryl/α,β-unsaturated/α-hetero) is 2. The molecule has 0 unspecified atom stereocenters. The van der Waals surface area contributed by atoms with Crippen LogP contribution in [0.15, 0.2) is 192 Å². The second-order valence-corrected chi connectivity index (χ2v) is 15.3. The van der Waals surface area contributed by atoms with E-state index >= 15 is 0 Å². The summed E-state index contributed by atoms with van der Waals surface area (Å²) in [6.07, 6.45) is 1.62. The Morgan fingerprint density at radius 1 is 0.456 bits per heavy atom. The molecule has 2 heterocycles. The lowest BCUT2D eigenvalue weighted by atomic mass is 9.75. The molecule has 272 valence electrons. The minimum absolute atomic E-state index is 0.117. The molecule has 0 N–H and O–H groups in total. The van der Waals surface area contributed by atoms with E-state index in [0.29, 0.717) is 22.8 Å². The maximum atomic E-state index is 13.5. The van der Waals surface area contributed by atoms with Gasteiger partial charge in [0.2, 0.25) is 5.88 Å². The van der Waals surface area contributed by atoms with Crippen LogP contribution in [0, 0.1) is 0 Å². The zero-order valence-corrected chi connectivity index (χ0v) is 31.6. The van der Waals surface area contributed by atoms with Crippen LogP contribution in [0.5, 0.6) is 0 Å². The Balaban J connectivity index is 1.14. The molecule has 2 aliphatic rings. The third-order valence-electron chi connectivity index (χ3n) is 11.4. The summed E-state index contributed by atoms with van der Waals surface area (Å²) >= 11 is 0. The number of hydrogen-bond donors (Lipinski definition) is 0. The first-order valence-corrected chi connectivity index (χ1v) is 19.2. The number of allylic oxidation sites excluding steroid dienone is 1. The zero-order valence-electron chi connectivity index (χ0n) is 31.6. The maximum absolute atomic E-state index is 13.5. The van der Waals surface area contributed by atoms with Crippen LogP contribution in [0.3, 0.4) is 0 Å². The van der Waals surface area contributed by atoms with Gasteiger partial charge in [0.05, 0.1) is 16.9 Å². The highest BCUT2D eigenvalue weighted by Crippen LogP contribution is 2.54. The minimum atomic E-state index is -0.434. The number of ketones is 2. The van der Waals surface area contributed by atoms with E-state index in [4.69, 9.17) is 4.42 Å². The van der Waals surface area contributed by atoms with Crippen LogP contribution < -0.4 is 4.90 Å². The molecule has 7 aromatic carbocycles. The lowest BCUT2D eigenvalue weighted by Crippen LogP contribution is -2.29. The number of fused-ring (bicyclic) bond motifs is 3. The fraction of sp³-hybridized carbons (Fsp3) is 0.0566. The lowest BCUT2D eigenvalue weighted by Gasteiger charge is -2.39. The van der Waals surface area contributed by atoms with Crippen LogP contribution in [0.4, 0.5) is 17.3 Å². The van der Waals surface area contributed by atoms with Gasteiger partial charge in [-0.2, -0.15) is 0 Å². The molecule has 4 nitrogen and oxygen atoms in total. The number of benzene rings is 7. The van der Waals surface area contributed by atoms with Crippen molar-refractivity contribution in [3.05, 3.63) is 216 Å². The third kappa shape index (κ3) is 5.85. The molecule has 0 saturated heterocycles. The molecule has 0 bridgehead atoms. The summed E-state index contributed by atoms with van der Waals surface area (Å²) in [4.78, 5) is 29.1. The minimum Gasteiger partial charge on any atom is -0.440 e. The predicted octanol–water partition coefficient (Wildman–Crippen LogP) is 13.5. The van der Waals surface area contributed by atoms with Crippen molar-refractivity contribution < 1.29 is 14.0 Å². The first kappa shape index (κ1) is 34.2. The average molecular weight is 736 g/mol. The smallest absolute Gasteiger partial charge is 0.209 e. The zero-order chi connectivity index (χ0) is 38.7. The normalized spacial score (nSPS) is 13.9. The number of nitrogens with zero attached hydrogens (tertiary/aromatic N) is 1. The molecule has 0 atom stereocenters. The van der Waals surface area contributed by atoms with E-state index in [1.54, 1.807) is 30.3 Å². The van der Waals surface area contributed by atoms with Crippen molar-refractivity contribution >= 4 is 34.9 Å². The second-order valence-electron chi connectivity index (χ2n) is 15.3. The molecule has 0 radical (unpaired) electrons. The van der Waals surface area contributed by atoms with Gasteiger partial charge in [0, 0.05) is 22.1 Å². The SMILES string of the molecule is CC1(C)c2ccccc2N(c2cc(-c3ccc(-c4ccccc4)cc3)cc(-c3ccc(-c4ccccc4)cc3)c2)c2oc(C=C3C(=O)c4ccccc4C3=O)cc21. The Morgan fingerprint density at radius 2 is 0.895 bits per heavy atom. The molecule has 0 saturated carbocycles. The number of hydrogen-bond acceptors (Lipinski definition) is 4. The van der Waals surface area contributed by atoms with E-state index in [-0.39, 0.29) is 17.1 Å². The fourth-order valence-electron chi connectivity index (χ4n) is 8.38. The Labute approximate surface area is 332 Å². The highest BCUT2D eigenvalue weighted by Gasteiger charge is 2.41. The standard InChI is InChI=1S/C53H37NO3/c1-53(2)47-19-11-12-20-49(47)54(52-48(53)33-43(57-52)32-46-50(55)44-17-9-10-18-45(44)51(46)56)42-30-40(38-25-21-36(22-26-38)34-13-5-3-6-14-34)29-41(31-42)39-27-23-37(24-28-39)35-15-7-4-8-16-35/h3-33H,1-2H3. The summed E-state index contributed by atoms with van der Waals surface area (Å²) in [5, 5.41) is 0. The van der Waals surface area contributed by atoms with Gasteiger partial charge in [-0.1, -0.05) is 166 Å². The Hall–Kier alpha value is -7.30. The van der Waals surface area contributed by atoms with Crippen LogP contribution >= 0.6 is 0 Å². The molecule has 0 amide bonds. The molecular formula is C53H37NO3. The topological polar surface area (TPSA) is 50.5 Å². The van der Waals surface area contributed by atoms with Crippen molar-refractivity contribution in [3.8, 4) is 44.5 Å². The van der Waals surface area contributed by atoms with E-state index in [1.165, 1.54) is 11.1 Å². The van der Waals surface area contributed by atoms with Gasteiger partial charge in [0.1, 0.15) is 5.76 Å². The molecule has 1 aliphatic heterocycles. The van der Waals surface area contributed by atoms with E-state index in [2.05, 4.69) is 158 Å². The first-order valence-electron chi connectivity index (χ1n) is 19.2. The monoisotopic (exact) mass is 735 g/mol. The van der Waals surface area contributed by atoms with Crippen molar-refractivity contribution in [2.75, 3.05) is 4.90 Å². The summed E-state index contributed by atoms with van der Waals surface area (Å²) in [6.45, 7) is 4.39. The van der Waals surface area contributed by atoms with E-state index in [0.717, 1.165) is 55.9 Å². The van der Waals surface area contributed by atoms with Gasteiger partial charge in [-0.25, -0.2) is 0 Å². The van der Waals surface area contributed by atoms with E-state index in [1.807, 2.05) is 18.2 Å². The number of carbonyl (C=O) groups is 2. The van der Waals surface area contributed by atoms with Crippen LogP contribution in [0.25, 0.3) is 50.6 Å². The van der Waals surface area contributed by atoms with Crippen molar-refractivity contribution in [2.45, 2.75) is 19.3 Å². The van der Waals surface area contributed by atoms with Crippen molar-refractivity contribution in [1.29, 1.82) is 0 Å². The van der Waals surface area contributed by atoms with Gasteiger partial charge < -0.3 is 4.42 Å². The Bertz CT molecular complexity index is 2740. The third-order valence-corrected chi connectivity index (χ3v) is 11.4. The number of anilines is 3. The number of rotatable bonds is 6. The number of furan rings is 1. The Kier molecular flexibility index (Phi) is 8.08. The van der Waals surface area contributed by atoms with Gasteiger partial charge in [0.25, 0.3) is 0 Å². The molecule has 10 rings (SSSR count). The molecule has 0 fully saturated rings. The maximum Gasteiger partial charge on any atom is 0.209 e. The van der Waals surface area contributed by atoms with Gasteiger partial charge in [-0.3, -0.25) is 14.5 Å². The average Bonchev–Trinajstić information content (AvgIpc) is 3.80. The van der Waals surface area contributed by atoms with E-state index < -0.39 is 5.41 Å².